The average molecular weight is 437 g/mol. The van der Waals surface area contributed by atoms with Crippen LogP contribution in [0.5, 0.6) is 11.5 Å². The highest BCUT2D eigenvalue weighted by molar-refractivity contribution is 7.99. The topological polar surface area (TPSA) is 59.7 Å². The van der Waals surface area contributed by atoms with Crippen molar-refractivity contribution in [3.8, 4) is 22.8 Å². The summed E-state index contributed by atoms with van der Waals surface area (Å²) in [5.41, 5.74) is 1.42. The van der Waals surface area contributed by atoms with Crippen molar-refractivity contribution < 1.29 is 14.3 Å². The van der Waals surface area contributed by atoms with Crippen molar-refractivity contribution >= 4 is 11.8 Å². The second-order valence-corrected chi connectivity index (χ2v) is 9.14. The first-order valence-corrected chi connectivity index (χ1v) is 11.9. The minimum absolute atomic E-state index is 0.0399. The molecule has 5 heteroatoms. The maximum absolute atomic E-state index is 12.4. The highest BCUT2D eigenvalue weighted by atomic mass is 32.2. The van der Waals surface area contributed by atoms with Crippen molar-refractivity contribution in [1.82, 2.24) is 0 Å². The van der Waals surface area contributed by atoms with E-state index in [0.717, 1.165) is 24.3 Å². The van der Waals surface area contributed by atoms with Gasteiger partial charge >= 0.3 is 5.63 Å². The Hall–Kier alpha value is -2.66. The summed E-state index contributed by atoms with van der Waals surface area (Å²) in [4.78, 5) is 12.7. The van der Waals surface area contributed by atoms with E-state index in [1.54, 1.807) is 0 Å². The number of aromatic hydroxyl groups is 1. The van der Waals surface area contributed by atoms with Gasteiger partial charge in [0.05, 0.1) is 6.61 Å². The second-order valence-electron chi connectivity index (χ2n) is 8.04. The molecule has 31 heavy (non-hydrogen) atoms. The molecule has 1 fully saturated rings. The van der Waals surface area contributed by atoms with Crippen molar-refractivity contribution in [1.29, 1.82) is 0 Å². The SMILES string of the molecule is O=c1oc(-c2ccc(OCC3CCCCC3)cc2)cc(O)c1SCCc1ccccc1. The van der Waals surface area contributed by atoms with Gasteiger partial charge in [0.1, 0.15) is 22.2 Å². The van der Waals surface area contributed by atoms with Gasteiger partial charge in [0, 0.05) is 17.4 Å². The average Bonchev–Trinajstić information content (AvgIpc) is 2.81. The fourth-order valence-electron chi connectivity index (χ4n) is 3.94. The van der Waals surface area contributed by atoms with Gasteiger partial charge in [-0.15, -0.1) is 11.8 Å². The van der Waals surface area contributed by atoms with E-state index in [1.807, 2.05) is 42.5 Å². The van der Waals surface area contributed by atoms with Crippen molar-refractivity contribution in [3.05, 3.63) is 76.6 Å². The molecule has 0 aliphatic heterocycles. The van der Waals surface area contributed by atoms with Gasteiger partial charge in [0.2, 0.25) is 0 Å². The maximum atomic E-state index is 12.4. The number of hydrogen-bond donors (Lipinski definition) is 1. The molecule has 1 aromatic heterocycles. The van der Waals surface area contributed by atoms with E-state index < -0.39 is 5.63 Å². The molecule has 0 unspecified atom stereocenters. The van der Waals surface area contributed by atoms with Crippen LogP contribution in [0.25, 0.3) is 11.3 Å². The molecule has 1 heterocycles. The smallest absolute Gasteiger partial charge is 0.353 e. The van der Waals surface area contributed by atoms with E-state index in [-0.39, 0.29) is 10.6 Å². The Morgan fingerprint density at radius 3 is 2.45 bits per heavy atom. The van der Waals surface area contributed by atoms with Crippen LogP contribution in [0.15, 0.2) is 74.8 Å². The van der Waals surface area contributed by atoms with Gasteiger partial charge in [-0.2, -0.15) is 0 Å². The Morgan fingerprint density at radius 2 is 1.74 bits per heavy atom. The standard InChI is InChI=1S/C26H28O4S/c27-23-17-24(30-26(28)25(23)31-16-15-19-7-3-1-4-8-19)21-11-13-22(14-12-21)29-18-20-9-5-2-6-10-20/h1,3-4,7-8,11-14,17,20,27H,2,5-6,9-10,15-16,18H2. The van der Waals surface area contributed by atoms with Gasteiger partial charge in [-0.3, -0.25) is 0 Å². The molecule has 1 aliphatic rings. The van der Waals surface area contributed by atoms with E-state index in [2.05, 4.69) is 12.1 Å². The summed E-state index contributed by atoms with van der Waals surface area (Å²) in [5.74, 6) is 2.47. The number of hydrogen-bond acceptors (Lipinski definition) is 5. The molecule has 162 valence electrons. The zero-order chi connectivity index (χ0) is 21.5. The van der Waals surface area contributed by atoms with Gasteiger partial charge in [-0.25, -0.2) is 4.79 Å². The van der Waals surface area contributed by atoms with E-state index >= 15 is 0 Å². The Morgan fingerprint density at radius 1 is 1.00 bits per heavy atom. The minimum Gasteiger partial charge on any atom is -0.506 e. The molecule has 4 rings (SSSR count). The lowest BCUT2D eigenvalue weighted by atomic mass is 9.90. The van der Waals surface area contributed by atoms with Crippen LogP contribution in [0, 0.1) is 5.92 Å². The molecule has 0 saturated heterocycles. The largest absolute Gasteiger partial charge is 0.506 e. The molecule has 0 amide bonds. The molecule has 4 nitrogen and oxygen atoms in total. The van der Waals surface area contributed by atoms with Crippen LogP contribution in [0.4, 0.5) is 0 Å². The molecule has 1 N–H and O–H groups in total. The van der Waals surface area contributed by atoms with Gasteiger partial charge < -0.3 is 14.3 Å². The monoisotopic (exact) mass is 436 g/mol. The number of thioether (sulfide) groups is 1. The summed E-state index contributed by atoms with van der Waals surface area (Å²) in [6.45, 7) is 0.754. The molecule has 1 saturated carbocycles. The lowest BCUT2D eigenvalue weighted by Crippen LogP contribution is -2.15. The van der Waals surface area contributed by atoms with E-state index in [1.165, 1.54) is 55.5 Å². The van der Waals surface area contributed by atoms with E-state index in [4.69, 9.17) is 9.15 Å². The van der Waals surface area contributed by atoms with Crippen molar-refractivity contribution in [2.45, 2.75) is 43.4 Å². The molecule has 0 radical (unpaired) electrons. The first-order chi connectivity index (χ1) is 15.2. The van der Waals surface area contributed by atoms with Crippen LogP contribution in [-0.2, 0) is 6.42 Å². The lowest BCUT2D eigenvalue weighted by Gasteiger charge is -2.21. The third-order valence-corrected chi connectivity index (χ3v) is 6.79. The van der Waals surface area contributed by atoms with Crippen LogP contribution in [0.1, 0.15) is 37.7 Å². The number of aryl methyl sites for hydroxylation is 1. The Bertz CT molecular complexity index is 1020. The van der Waals surface area contributed by atoms with Gasteiger partial charge in [-0.1, -0.05) is 49.6 Å². The Balaban J connectivity index is 1.37. The highest BCUT2D eigenvalue weighted by Gasteiger charge is 2.15. The third-order valence-electron chi connectivity index (χ3n) is 5.72. The molecular formula is C26H28O4S. The predicted molar refractivity (Wildman–Crippen MR) is 125 cm³/mol. The summed E-state index contributed by atoms with van der Waals surface area (Å²) in [6.07, 6.45) is 7.25. The zero-order valence-electron chi connectivity index (χ0n) is 17.6. The quantitative estimate of drug-likeness (QED) is 0.420. The van der Waals surface area contributed by atoms with Crippen LogP contribution in [0.2, 0.25) is 0 Å². The lowest BCUT2D eigenvalue weighted by molar-refractivity contribution is 0.209. The third kappa shape index (κ3) is 5.95. The van der Waals surface area contributed by atoms with Gasteiger partial charge in [0.15, 0.2) is 0 Å². The molecular weight excluding hydrogens is 408 g/mol. The van der Waals surface area contributed by atoms with Crippen molar-refractivity contribution in [2.75, 3.05) is 12.4 Å². The normalized spacial score (nSPS) is 14.5. The number of ether oxygens (including phenoxy) is 1. The van der Waals surface area contributed by atoms with Crippen LogP contribution in [-0.4, -0.2) is 17.5 Å². The fourth-order valence-corrected chi connectivity index (χ4v) is 4.85. The van der Waals surface area contributed by atoms with Crippen molar-refractivity contribution in [3.63, 3.8) is 0 Å². The molecule has 0 atom stereocenters. The van der Waals surface area contributed by atoms with Gasteiger partial charge in [-0.05, 0) is 55.0 Å². The Kier molecular flexibility index (Phi) is 7.36. The zero-order valence-corrected chi connectivity index (χ0v) is 18.4. The molecule has 3 aromatic rings. The minimum atomic E-state index is -0.509. The maximum Gasteiger partial charge on any atom is 0.353 e. The van der Waals surface area contributed by atoms with E-state index in [9.17, 15) is 9.90 Å². The fraction of sp³-hybridized carbons (Fsp3) is 0.346. The number of benzene rings is 2. The van der Waals surface area contributed by atoms with Gasteiger partial charge in [0.25, 0.3) is 0 Å². The van der Waals surface area contributed by atoms with Crippen molar-refractivity contribution in [2.24, 2.45) is 5.92 Å². The predicted octanol–water partition coefficient (Wildman–Crippen LogP) is 6.31. The molecule has 1 aliphatic carbocycles. The first kappa shape index (κ1) is 21.6. The van der Waals surface area contributed by atoms with E-state index in [0.29, 0.717) is 17.4 Å². The Labute approximate surface area is 187 Å². The first-order valence-electron chi connectivity index (χ1n) is 11.0. The molecule has 2 aromatic carbocycles. The van der Waals surface area contributed by atoms with Crippen LogP contribution < -0.4 is 10.4 Å². The summed E-state index contributed by atoms with van der Waals surface area (Å²) < 4.78 is 11.4. The number of rotatable bonds is 8. The molecule has 0 spiro atoms. The van der Waals surface area contributed by atoms with Crippen LogP contribution in [0.3, 0.4) is 0 Å². The summed E-state index contributed by atoms with van der Waals surface area (Å²) in [6, 6.07) is 19.1. The second kappa shape index (κ2) is 10.6. The summed E-state index contributed by atoms with van der Waals surface area (Å²) in [5, 5.41) is 10.4. The highest BCUT2D eigenvalue weighted by Crippen LogP contribution is 2.31. The molecule has 0 bridgehead atoms. The van der Waals surface area contributed by atoms with Crippen LogP contribution >= 0.6 is 11.8 Å². The summed E-state index contributed by atoms with van der Waals surface area (Å²) >= 11 is 1.32. The summed E-state index contributed by atoms with van der Waals surface area (Å²) in [7, 11) is 0.